The molecule has 0 unspecified atom stereocenters. The molecule has 0 saturated carbocycles. The van der Waals surface area contributed by atoms with Gasteiger partial charge < -0.3 is 0 Å². The predicted octanol–water partition coefficient (Wildman–Crippen LogP) is 2.20. The maximum atomic E-state index is 8.64. The molecule has 0 bridgehead atoms. The van der Waals surface area contributed by atoms with E-state index in [1.165, 1.54) is 0 Å². The van der Waals surface area contributed by atoms with Gasteiger partial charge in [0.1, 0.15) is 0 Å². The van der Waals surface area contributed by atoms with Crippen molar-refractivity contribution >= 4 is 0 Å². The van der Waals surface area contributed by atoms with Crippen molar-refractivity contribution in [1.82, 2.24) is 0 Å². The highest BCUT2D eigenvalue weighted by Crippen LogP contribution is 2.09. The van der Waals surface area contributed by atoms with E-state index in [9.17, 15) is 0 Å². The fourth-order valence-corrected chi connectivity index (χ4v) is 0.852. The summed E-state index contributed by atoms with van der Waals surface area (Å²) < 4.78 is 0. The highest BCUT2D eigenvalue weighted by molar-refractivity contribution is 5.41. The second-order valence-electron chi connectivity index (χ2n) is 2.32. The van der Waals surface area contributed by atoms with Gasteiger partial charge in [0, 0.05) is 0 Å². The lowest BCUT2D eigenvalue weighted by atomic mass is 10.1. The third-order valence-electron chi connectivity index (χ3n) is 1.56. The van der Waals surface area contributed by atoms with Gasteiger partial charge in [0.25, 0.3) is 0 Å². The standard InChI is InChI=1S/C10H8N/c1-3-9-5-4-8(2)10(6-9)7-11/h4-6H,1H2,2H3. The van der Waals surface area contributed by atoms with Crippen LogP contribution >= 0.6 is 0 Å². The highest BCUT2D eigenvalue weighted by Gasteiger charge is 1.95. The molecule has 0 aliphatic carbocycles. The summed E-state index contributed by atoms with van der Waals surface area (Å²) in [6.07, 6.45) is 2.73. The van der Waals surface area contributed by atoms with Crippen molar-refractivity contribution in [3.05, 3.63) is 47.5 Å². The zero-order chi connectivity index (χ0) is 8.27. The van der Waals surface area contributed by atoms with Crippen LogP contribution in [-0.4, -0.2) is 0 Å². The number of benzene rings is 1. The monoisotopic (exact) mass is 142 g/mol. The van der Waals surface area contributed by atoms with E-state index < -0.39 is 0 Å². The Bertz CT molecular complexity index is 318. The first-order valence-corrected chi connectivity index (χ1v) is 3.32. The third-order valence-corrected chi connectivity index (χ3v) is 1.56. The van der Waals surface area contributed by atoms with E-state index in [0.717, 1.165) is 11.1 Å². The normalized spacial score (nSPS) is 8.73. The molecule has 11 heavy (non-hydrogen) atoms. The van der Waals surface area contributed by atoms with Crippen LogP contribution in [-0.2, 0) is 0 Å². The molecule has 1 aromatic rings. The average molecular weight is 142 g/mol. The van der Waals surface area contributed by atoms with Crippen LogP contribution in [0.5, 0.6) is 0 Å². The molecule has 0 fully saturated rings. The zero-order valence-corrected chi connectivity index (χ0v) is 6.39. The minimum atomic E-state index is 0.693. The highest BCUT2D eigenvalue weighted by atomic mass is 14.2. The molecule has 0 aliphatic rings. The molecule has 0 spiro atoms. The Balaban J connectivity index is 3.25. The second kappa shape index (κ2) is 3.03. The van der Waals surface area contributed by atoms with Crippen LogP contribution in [0.25, 0.3) is 0 Å². The summed E-state index contributed by atoms with van der Waals surface area (Å²) in [5.74, 6) is 0. The van der Waals surface area contributed by atoms with Crippen molar-refractivity contribution in [2.75, 3.05) is 0 Å². The van der Waals surface area contributed by atoms with Crippen molar-refractivity contribution in [3.8, 4) is 6.07 Å². The largest absolute Gasteiger partial charge is 0.192 e. The number of aryl methyl sites for hydroxylation is 1. The van der Waals surface area contributed by atoms with Gasteiger partial charge in [0.05, 0.1) is 11.6 Å². The van der Waals surface area contributed by atoms with Crippen molar-refractivity contribution < 1.29 is 0 Å². The van der Waals surface area contributed by atoms with Crippen molar-refractivity contribution in [2.24, 2.45) is 0 Å². The molecule has 0 saturated heterocycles. The first-order valence-electron chi connectivity index (χ1n) is 3.32. The topological polar surface area (TPSA) is 23.8 Å². The van der Waals surface area contributed by atoms with Crippen LogP contribution in [0.1, 0.15) is 16.7 Å². The van der Waals surface area contributed by atoms with Gasteiger partial charge >= 0.3 is 0 Å². The SMILES string of the molecule is C=[C]c1ccc(C)c(C#N)c1. The lowest BCUT2D eigenvalue weighted by molar-refractivity contribution is 1.37. The molecule has 0 aromatic heterocycles. The van der Waals surface area contributed by atoms with Crippen LogP contribution in [0.4, 0.5) is 0 Å². The van der Waals surface area contributed by atoms with Gasteiger partial charge in [-0.05, 0) is 30.2 Å². The van der Waals surface area contributed by atoms with Gasteiger partial charge in [-0.25, -0.2) is 0 Å². The van der Waals surface area contributed by atoms with Crippen LogP contribution in [0.15, 0.2) is 24.8 Å². The summed E-state index contributed by atoms with van der Waals surface area (Å²) in [5.41, 5.74) is 2.55. The number of hydrogen-bond acceptors (Lipinski definition) is 1. The summed E-state index contributed by atoms with van der Waals surface area (Å²) in [6.45, 7) is 5.41. The molecule has 1 rings (SSSR count). The first-order chi connectivity index (χ1) is 5.27. The Hall–Kier alpha value is -1.55. The van der Waals surface area contributed by atoms with Gasteiger partial charge in [-0.2, -0.15) is 5.26 Å². The van der Waals surface area contributed by atoms with Crippen LogP contribution in [0, 0.1) is 24.3 Å². The van der Waals surface area contributed by atoms with Crippen LogP contribution < -0.4 is 0 Å². The fourth-order valence-electron chi connectivity index (χ4n) is 0.852. The summed E-state index contributed by atoms with van der Waals surface area (Å²) in [7, 11) is 0. The minimum Gasteiger partial charge on any atom is -0.192 e. The molecule has 1 heteroatoms. The van der Waals surface area contributed by atoms with Crippen molar-refractivity contribution in [3.63, 3.8) is 0 Å². The van der Waals surface area contributed by atoms with E-state index in [0.29, 0.717) is 5.56 Å². The lowest BCUT2D eigenvalue weighted by Gasteiger charge is -1.96. The van der Waals surface area contributed by atoms with E-state index >= 15 is 0 Å². The summed E-state index contributed by atoms with van der Waals surface area (Å²) in [5, 5.41) is 8.64. The van der Waals surface area contributed by atoms with Gasteiger partial charge in [0.15, 0.2) is 0 Å². The zero-order valence-electron chi connectivity index (χ0n) is 6.39. The Morgan fingerprint density at radius 3 is 2.73 bits per heavy atom. The summed E-state index contributed by atoms with van der Waals surface area (Å²) >= 11 is 0. The van der Waals surface area contributed by atoms with Gasteiger partial charge in [0.2, 0.25) is 0 Å². The molecule has 0 aliphatic heterocycles. The minimum absolute atomic E-state index is 0.693. The van der Waals surface area contributed by atoms with Gasteiger partial charge in [-0.1, -0.05) is 18.7 Å². The lowest BCUT2D eigenvalue weighted by Crippen LogP contribution is -1.82. The number of hydrogen-bond donors (Lipinski definition) is 0. The van der Waals surface area contributed by atoms with Crippen molar-refractivity contribution in [2.45, 2.75) is 6.92 Å². The quantitative estimate of drug-likeness (QED) is 0.589. The van der Waals surface area contributed by atoms with E-state index in [2.05, 4.69) is 18.7 Å². The molecule has 0 atom stereocenters. The maximum absolute atomic E-state index is 8.64. The number of nitrogens with zero attached hydrogens (tertiary/aromatic N) is 1. The molecule has 1 radical (unpaired) electrons. The summed E-state index contributed by atoms with van der Waals surface area (Å²) in [4.78, 5) is 0. The van der Waals surface area contributed by atoms with E-state index in [1.54, 1.807) is 6.07 Å². The van der Waals surface area contributed by atoms with Crippen LogP contribution in [0.3, 0.4) is 0 Å². The van der Waals surface area contributed by atoms with E-state index in [1.807, 2.05) is 19.1 Å². The molecule has 1 nitrogen and oxygen atoms in total. The average Bonchev–Trinajstić information content (AvgIpc) is 2.05. The summed E-state index contributed by atoms with van der Waals surface area (Å²) in [6, 6.07) is 7.67. The maximum Gasteiger partial charge on any atom is 0.0994 e. The Labute approximate surface area is 66.6 Å². The van der Waals surface area contributed by atoms with Gasteiger partial charge in [-0.3, -0.25) is 0 Å². The van der Waals surface area contributed by atoms with Gasteiger partial charge in [-0.15, -0.1) is 0 Å². The fraction of sp³-hybridized carbons (Fsp3) is 0.100. The number of rotatable bonds is 1. The van der Waals surface area contributed by atoms with E-state index in [4.69, 9.17) is 5.26 Å². The molecule has 53 valence electrons. The molecule has 0 heterocycles. The van der Waals surface area contributed by atoms with E-state index in [-0.39, 0.29) is 0 Å². The Kier molecular flexibility index (Phi) is 2.08. The van der Waals surface area contributed by atoms with Crippen molar-refractivity contribution in [1.29, 1.82) is 5.26 Å². The predicted molar refractivity (Wildman–Crippen MR) is 43.9 cm³/mol. The first kappa shape index (κ1) is 7.56. The Morgan fingerprint density at radius 1 is 1.45 bits per heavy atom. The third kappa shape index (κ3) is 1.47. The smallest absolute Gasteiger partial charge is 0.0994 e. The number of nitriles is 1. The van der Waals surface area contributed by atoms with Crippen LogP contribution in [0.2, 0.25) is 0 Å². The second-order valence-corrected chi connectivity index (χ2v) is 2.32. The molecule has 1 aromatic carbocycles. The Morgan fingerprint density at radius 2 is 2.18 bits per heavy atom. The molecular weight excluding hydrogens is 134 g/mol. The molecule has 0 amide bonds. The molecule has 0 N–H and O–H groups in total. The molecular formula is C10H8N.